The number of hydrogen-bond acceptors (Lipinski definition) is 4. The summed E-state index contributed by atoms with van der Waals surface area (Å²) >= 11 is 0. The predicted molar refractivity (Wildman–Crippen MR) is 73.0 cm³/mol. The van der Waals surface area contributed by atoms with E-state index in [2.05, 4.69) is 5.32 Å². The monoisotopic (exact) mass is 295 g/mol. The van der Waals surface area contributed by atoms with Crippen LogP contribution in [-0.4, -0.2) is 38.2 Å². The van der Waals surface area contributed by atoms with E-state index in [9.17, 15) is 14.0 Å². The van der Waals surface area contributed by atoms with E-state index < -0.39 is 12.0 Å². The van der Waals surface area contributed by atoms with Crippen molar-refractivity contribution < 1.29 is 23.5 Å². The van der Waals surface area contributed by atoms with Crippen LogP contribution in [0.2, 0.25) is 0 Å². The Hall–Kier alpha value is -1.95. The van der Waals surface area contributed by atoms with Crippen LogP contribution >= 0.6 is 0 Å². The zero-order valence-corrected chi connectivity index (χ0v) is 11.8. The lowest BCUT2D eigenvalue weighted by atomic mass is 10.0. The second kappa shape index (κ2) is 7.17. The average Bonchev–Trinajstić information content (AvgIpc) is 3.00. The fourth-order valence-corrected chi connectivity index (χ4v) is 2.27. The molecule has 0 spiro atoms. The Kier molecular flexibility index (Phi) is 5.27. The molecule has 0 radical (unpaired) electrons. The molecule has 1 saturated heterocycles. The van der Waals surface area contributed by atoms with Crippen LogP contribution in [0, 0.1) is 11.7 Å². The van der Waals surface area contributed by atoms with Gasteiger partial charge in [-0.25, -0.2) is 9.18 Å². The number of carbonyl (C=O) groups is 2. The lowest BCUT2D eigenvalue weighted by molar-refractivity contribution is -0.145. The second-order valence-corrected chi connectivity index (χ2v) is 4.98. The van der Waals surface area contributed by atoms with Crippen LogP contribution < -0.4 is 5.32 Å². The lowest BCUT2D eigenvalue weighted by Gasteiger charge is -2.18. The maximum Gasteiger partial charge on any atom is 0.328 e. The molecule has 1 aromatic carbocycles. The third-order valence-electron chi connectivity index (χ3n) is 3.43. The molecule has 1 heterocycles. The number of methoxy groups -OCH3 is 1. The number of halogens is 1. The molecule has 0 aromatic heterocycles. The van der Waals surface area contributed by atoms with E-state index in [-0.39, 0.29) is 24.1 Å². The van der Waals surface area contributed by atoms with Crippen molar-refractivity contribution in [3.63, 3.8) is 0 Å². The van der Waals surface area contributed by atoms with Crippen molar-refractivity contribution in [1.29, 1.82) is 0 Å². The summed E-state index contributed by atoms with van der Waals surface area (Å²) in [6.07, 6.45) is 0.823. The molecular formula is C15H18FNO4. The Morgan fingerprint density at radius 2 is 2.33 bits per heavy atom. The van der Waals surface area contributed by atoms with E-state index in [1.807, 2.05) is 0 Å². The van der Waals surface area contributed by atoms with Crippen molar-refractivity contribution in [1.82, 2.24) is 5.32 Å². The summed E-state index contributed by atoms with van der Waals surface area (Å²) in [5, 5.41) is 2.66. The number of benzene rings is 1. The molecule has 0 aliphatic carbocycles. The third-order valence-corrected chi connectivity index (χ3v) is 3.43. The Morgan fingerprint density at radius 1 is 1.52 bits per heavy atom. The van der Waals surface area contributed by atoms with E-state index in [1.54, 1.807) is 12.1 Å². The Morgan fingerprint density at radius 3 is 2.95 bits per heavy atom. The van der Waals surface area contributed by atoms with Gasteiger partial charge < -0.3 is 14.8 Å². The van der Waals surface area contributed by atoms with Gasteiger partial charge in [-0.05, 0) is 24.1 Å². The van der Waals surface area contributed by atoms with E-state index in [0.29, 0.717) is 25.2 Å². The van der Waals surface area contributed by atoms with Crippen molar-refractivity contribution in [2.75, 3.05) is 20.3 Å². The molecule has 2 atom stereocenters. The number of hydrogen-bond donors (Lipinski definition) is 1. The van der Waals surface area contributed by atoms with Crippen molar-refractivity contribution in [3.8, 4) is 0 Å². The van der Waals surface area contributed by atoms with Crippen molar-refractivity contribution >= 4 is 11.9 Å². The van der Waals surface area contributed by atoms with E-state index in [1.165, 1.54) is 19.2 Å². The molecule has 114 valence electrons. The molecule has 1 fully saturated rings. The Labute approximate surface area is 122 Å². The molecule has 1 aliphatic heterocycles. The highest BCUT2D eigenvalue weighted by atomic mass is 19.1. The van der Waals surface area contributed by atoms with Gasteiger partial charge in [0, 0.05) is 13.0 Å². The number of rotatable bonds is 5. The van der Waals surface area contributed by atoms with Gasteiger partial charge in [0.15, 0.2) is 0 Å². The predicted octanol–water partition coefficient (Wildman–Crippen LogP) is 1.06. The first kappa shape index (κ1) is 15.4. The summed E-state index contributed by atoms with van der Waals surface area (Å²) in [7, 11) is 1.26. The van der Waals surface area contributed by atoms with Gasteiger partial charge in [-0.1, -0.05) is 12.1 Å². The molecule has 0 bridgehead atoms. The van der Waals surface area contributed by atoms with Crippen molar-refractivity contribution in [2.45, 2.75) is 18.9 Å². The fourth-order valence-electron chi connectivity index (χ4n) is 2.27. The molecule has 0 unspecified atom stereocenters. The van der Waals surface area contributed by atoms with Gasteiger partial charge in [-0.2, -0.15) is 0 Å². The summed E-state index contributed by atoms with van der Waals surface area (Å²) in [6, 6.07) is 5.09. The van der Waals surface area contributed by atoms with Gasteiger partial charge in [0.05, 0.1) is 19.6 Å². The van der Waals surface area contributed by atoms with Gasteiger partial charge in [0.2, 0.25) is 5.91 Å². The van der Waals surface area contributed by atoms with Crippen molar-refractivity contribution in [3.05, 3.63) is 35.6 Å². The minimum atomic E-state index is -0.829. The molecular weight excluding hydrogens is 277 g/mol. The highest BCUT2D eigenvalue weighted by Gasteiger charge is 2.28. The first-order chi connectivity index (χ1) is 10.1. The van der Waals surface area contributed by atoms with Crippen LogP contribution in [0.5, 0.6) is 0 Å². The van der Waals surface area contributed by atoms with E-state index >= 15 is 0 Å². The van der Waals surface area contributed by atoms with Crippen LogP contribution in [-0.2, 0) is 25.5 Å². The number of amides is 1. The van der Waals surface area contributed by atoms with Crippen LogP contribution in [0.15, 0.2) is 24.3 Å². The molecule has 1 aromatic rings. The molecule has 1 N–H and O–H groups in total. The third kappa shape index (κ3) is 4.26. The number of carbonyl (C=O) groups excluding carboxylic acids is 2. The largest absolute Gasteiger partial charge is 0.467 e. The zero-order chi connectivity index (χ0) is 15.2. The lowest BCUT2D eigenvalue weighted by Crippen LogP contribution is -2.45. The molecule has 1 amide bonds. The maximum absolute atomic E-state index is 13.2. The second-order valence-electron chi connectivity index (χ2n) is 4.98. The minimum Gasteiger partial charge on any atom is -0.467 e. The zero-order valence-electron chi connectivity index (χ0n) is 11.8. The summed E-state index contributed by atoms with van der Waals surface area (Å²) in [5.74, 6) is -1.41. The fraction of sp³-hybridized carbons (Fsp3) is 0.467. The molecule has 5 nitrogen and oxygen atoms in total. The molecule has 6 heteroatoms. The van der Waals surface area contributed by atoms with E-state index in [0.717, 1.165) is 0 Å². The van der Waals surface area contributed by atoms with Crippen LogP contribution in [0.4, 0.5) is 4.39 Å². The molecule has 21 heavy (non-hydrogen) atoms. The summed E-state index contributed by atoms with van der Waals surface area (Å²) < 4.78 is 23.0. The first-order valence-electron chi connectivity index (χ1n) is 6.80. The highest BCUT2D eigenvalue weighted by molar-refractivity contribution is 5.86. The molecule has 2 rings (SSSR count). The molecule has 1 aliphatic rings. The van der Waals surface area contributed by atoms with Crippen molar-refractivity contribution in [2.24, 2.45) is 5.92 Å². The van der Waals surface area contributed by atoms with Gasteiger partial charge in [0.1, 0.15) is 11.9 Å². The topological polar surface area (TPSA) is 64.6 Å². The summed E-state index contributed by atoms with van der Waals surface area (Å²) in [4.78, 5) is 23.8. The average molecular weight is 295 g/mol. The summed E-state index contributed by atoms with van der Waals surface area (Å²) in [5.41, 5.74) is 0.619. The van der Waals surface area contributed by atoms with Gasteiger partial charge in [-0.3, -0.25) is 4.79 Å². The smallest absolute Gasteiger partial charge is 0.328 e. The Bertz CT molecular complexity index is 514. The number of nitrogens with one attached hydrogen (secondary N) is 1. The van der Waals surface area contributed by atoms with Crippen LogP contribution in [0.25, 0.3) is 0 Å². The van der Waals surface area contributed by atoms with E-state index in [4.69, 9.17) is 9.47 Å². The standard InChI is InChI=1S/C15H18FNO4/c1-20-15(19)13(8-10-3-2-4-12(16)7-10)17-14(18)11-5-6-21-9-11/h2-4,7,11,13H,5-6,8-9H2,1H3,(H,17,18)/t11-,13-/m1/s1. The van der Waals surface area contributed by atoms with Gasteiger partial charge in [0.25, 0.3) is 0 Å². The highest BCUT2D eigenvalue weighted by Crippen LogP contribution is 2.14. The Balaban J connectivity index is 2.03. The quantitative estimate of drug-likeness (QED) is 0.825. The van der Waals surface area contributed by atoms with Crippen LogP contribution in [0.3, 0.4) is 0 Å². The first-order valence-corrected chi connectivity index (χ1v) is 6.80. The van der Waals surface area contributed by atoms with Crippen LogP contribution in [0.1, 0.15) is 12.0 Å². The summed E-state index contributed by atoms with van der Waals surface area (Å²) in [6.45, 7) is 0.907. The molecule has 0 saturated carbocycles. The normalized spacial score (nSPS) is 19.0. The SMILES string of the molecule is COC(=O)[C@@H](Cc1cccc(F)c1)NC(=O)[C@@H]1CCOC1. The number of esters is 1. The number of ether oxygens (including phenoxy) is 2. The maximum atomic E-state index is 13.2. The van der Waals surface area contributed by atoms with Gasteiger partial charge in [-0.15, -0.1) is 0 Å². The van der Waals surface area contributed by atoms with Gasteiger partial charge >= 0.3 is 5.97 Å². The minimum absolute atomic E-state index is 0.184.